The van der Waals surface area contributed by atoms with Crippen LogP contribution < -0.4 is 19.7 Å². The predicted molar refractivity (Wildman–Crippen MR) is 98.3 cm³/mol. The van der Waals surface area contributed by atoms with Gasteiger partial charge in [0, 0.05) is 25.6 Å². The van der Waals surface area contributed by atoms with Gasteiger partial charge in [0.1, 0.15) is 17.3 Å². The van der Waals surface area contributed by atoms with E-state index in [2.05, 4.69) is 5.32 Å². The number of carbonyl (C=O) groups excluding carboxylic acids is 2. The molecule has 2 aromatic carbocycles. The third-order valence-corrected chi connectivity index (χ3v) is 4.55. The summed E-state index contributed by atoms with van der Waals surface area (Å²) in [4.78, 5) is 26.5. The van der Waals surface area contributed by atoms with Gasteiger partial charge in [0.2, 0.25) is 11.8 Å². The first kappa shape index (κ1) is 18.7. The van der Waals surface area contributed by atoms with Gasteiger partial charge < -0.3 is 19.7 Å². The van der Waals surface area contributed by atoms with Crippen LogP contribution in [0.15, 0.2) is 42.5 Å². The molecule has 0 aliphatic carbocycles. The Bertz CT molecular complexity index is 838. The summed E-state index contributed by atoms with van der Waals surface area (Å²) < 4.78 is 23.5. The van der Waals surface area contributed by atoms with Gasteiger partial charge in [0.25, 0.3) is 0 Å². The predicted octanol–water partition coefficient (Wildman–Crippen LogP) is 2.51. The highest BCUT2D eigenvalue weighted by atomic mass is 19.1. The quantitative estimate of drug-likeness (QED) is 0.846. The molecule has 0 spiro atoms. The molecule has 1 atom stereocenters. The van der Waals surface area contributed by atoms with Crippen molar-refractivity contribution in [1.82, 2.24) is 5.32 Å². The van der Waals surface area contributed by atoms with E-state index in [1.54, 1.807) is 42.3 Å². The van der Waals surface area contributed by atoms with E-state index in [-0.39, 0.29) is 37.1 Å². The van der Waals surface area contributed by atoms with Crippen molar-refractivity contribution >= 4 is 17.5 Å². The summed E-state index contributed by atoms with van der Waals surface area (Å²) in [6.45, 7) is 0.546. The van der Waals surface area contributed by atoms with E-state index in [0.29, 0.717) is 17.2 Å². The van der Waals surface area contributed by atoms with E-state index in [0.717, 1.165) is 5.56 Å². The van der Waals surface area contributed by atoms with Gasteiger partial charge in [-0.15, -0.1) is 0 Å². The van der Waals surface area contributed by atoms with Gasteiger partial charge in [-0.25, -0.2) is 4.39 Å². The summed E-state index contributed by atoms with van der Waals surface area (Å²) in [5.41, 5.74) is 1.37. The molecular weight excluding hydrogens is 351 g/mol. The smallest absolute Gasteiger partial charge is 0.227 e. The lowest BCUT2D eigenvalue weighted by Gasteiger charge is -2.20. The maximum Gasteiger partial charge on any atom is 0.227 e. The van der Waals surface area contributed by atoms with Crippen molar-refractivity contribution in [2.45, 2.75) is 13.0 Å². The Morgan fingerprint density at radius 3 is 2.59 bits per heavy atom. The van der Waals surface area contributed by atoms with E-state index in [4.69, 9.17) is 9.47 Å². The van der Waals surface area contributed by atoms with Crippen LogP contribution in [0.3, 0.4) is 0 Å². The molecule has 1 unspecified atom stereocenters. The standard InChI is InChI=1S/C20H21FN2O4/c1-26-16-7-8-18(27-2)17(10-16)23-12-14(9-19(23)24)20(25)22-11-13-3-5-15(21)6-4-13/h3-8,10,14H,9,11-12H2,1-2H3,(H,22,25). The zero-order valence-corrected chi connectivity index (χ0v) is 15.2. The number of ether oxygens (including phenoxy) is 2. The molecule has 1 aliphatic heterocycles. The molecular formula is C20H21FN2O4. The number of anilines is 1. The molecule has 1 aliphatic rings. The summed E-state index contributed by atoms with van der Waals surface area (Å²) in [5, 5.41) is 2.81. The van der Waals surface area contributed by atoms with Crippen LogP contribution in [0.25, 0.3) is 0 Å². The van der Waals surface area contributed by atoms with Crippen LogP contribution >= 0.6 is 0 Å². The second-order valence-electron chi connectivity index (χ2n) is 6.29. The fourth-order valence-corrected chi connectivity index (χ4v) is 3.06. The molecule has 1 heterocycles. The van der Waals surface area contributed by atoms with Gasteiger partial charge in [-0.05, 0) is 29.8 Å². The van der Waals surface area contributed by atoms with E-state index in [1.807, 2.05) is 0 Å². The average Bonchev–Trinajstić information content (AvgIpc) is 3.08. The lowest BCUT2D eigenvalue weighted by atomic mass is 10.1. The van der Waals surface area contributed by atoms with Crippen molar-refractivity contribution in [1.29, 1.82) is 0 Å². The maximum atomic E-state index is 12.9. The number of carbonyl (C=O) groups is 2. The van der Waals surface area contributed by atoms with Gasteiger partial charge in [-0.1, -0.05) is 12.1 Å². The van der Waals surface area contributed by atoms with E-state index >= 15 is 0 Å². The molecule has 27 heavy (non-hydrogen) atoms. The summed E-state index contributed by atoms with van der Waals surface area (Å²) in [6.07, 6.45) is 0.121. The molecule has 2 aromatic rings. The van der Waals surface area contributed by atoms with Gasteiger partial charge in [0.15, 0.2) is 0 Å². The Hall–Kier alpha value is -3.09. The van der Waals surface area contributed by atoms with Gasteiger partial charge in [-0.3, -0.25) is 9.59 Å². The molecule has 1 saturated heterocycles. The second-order valence-corrected chi connectivity index (χ2v) is 6.29. The van der Waals surface area contributed by atoms with Gasteiger partial charge in [0.05, 0.1) is 25.8 Å². The molecule has 3 rings (SSSR count). The van der Waals surface area contributed by atoms with Crippen LogP contribution in [0, 0.1) is 11.7 Å². The van der Waals surface area contributed by atoms with Crippen LogP contribution in [0.1, 0.15) is 12.0 Å². The van der Waals surface area contributed by atoms with E-state index in [1.165, 1.54) is 19.2 Å². The first-order chi connectivity index (χ1) is 13.0. The third-order valence-electron chi connectivity index (χ3n) is 4.55. The first-order valence-electron chi connectivity index (χ1n) is 8.56. The zero-order chi connectivity index (χ0) is 19.4. The Balaban J connectivity index is 1.68. The van der Waals surface area contributed by atoms with Crippen molar-refractivity contribution in [3.05, 3.63) is 53.8 Å². The Labute approximate surface area is 156 Å². The number of benzene rings is 2. The molecule has 142 valence electrons. The van der Waals surface area contributed by atoms with Crippen molar-refractivity contribution < 1.29 is 23.5 Å². The van der Waals surface area contributed by atoms with Gasteiger partial charge >= 0.3 is 0 Å². The highest BCUT2D eigenvalue weighted by Gasteiger charge is 2.36. The molecule has 0 aromatic heterocycles. The minimum Gasteiger partial charge on any atom is -0.497 e. The number of hydrogen-bond acceptors (Lipinski definition) is 4. The molecule has 1 N–H and O–H groups in total. The largest absolute Gasteiger partial charge is 0.497 e. The normalized spacial score (nSPS) is 16.3. The Kier molecular flexibility index (Phi) is 5.59. The number of methoxy groups -OCH3 is 2. The lowest BCUT2D eigenvalue weighted by molar-refractivity contribution is -0.126. The highest BCUT2D eigenvalue weighted by Crippen LogP contribution is 2.36. The molecule has 7 heteroatoms. The fraction of sp³-hybridized carbons (Fsp3) is 0.300. The molecule has 2 amide bonds. The minimum absolute atomic E-state index is 0.121. The Morgan fingerprint density at radius 1 is 1.19 bits per heavy atom. The van der Waals surface area contributed by atoms with Crippen LogP contribution in [-0.4, -0.2) is 32.6 Å². The van der Waals surface area contributed by atoms with E-state index in [9.17, 15) is 14.0 Å². The number of halogens is 1. The van der Waals surface area contributed by atoms with Crippen molar-refractivity contribution in [3.63, 3.8) is 0 Å². The summed E-state index contributed by atoms with van der Waals surface area (Å²) >= 11 is 0. The molecule has 0 saturated carbocycles. The van der Waals surface area contributed by atoms with Crippen molar-refractivity contribution in [2.24, 2.45) is 5.92 Å². The van der Waals surface area contributed by atoms with Crippen LogP contribution in [-0.2, 0) is 16.1 Å². The van der Waals surface area contributed by atoms with E-state index < -0.39 is 5.92 Å². The topological polar surface area (TPSA) is 67.9 Å². The average molecular weight is 372 g/mol. The molecule has 1 fully saturated rings. The first-order valence-corrected chi connectivity index (χ1v) is 8.56. The summed E-state index contributed by atoms with van der Waals surface area (Å²) in [6, 6.07) is 11.1. The third kappa shape index (κ3) is 4.19. The maximum absolute atomic E-state index is 12.9. The zero-order valence-electron chi connectivity index (χ0n) is 15.2. The fourth-order valence-electron chi connectivity index (χ4n) is 3.06. The number of rotatable bonds is 6. The summed E-state index contributed by atoms with van der Waals surface area (Å²) in [5.74, 6) is -0.0111. The van der Waals surface area contributed by atoms with Crippen LogP contribution in [0.4, 0.5) is 10.1 Å². The van der Waals surface area contributed by atoms with Crippen molar-refractivity contribution in [3.8, 4) is 11.5 Å². The lowest BCUT2D eigenvalue weighted by Crippen LogP contribution is -2.32. The molecule has 0 radical (unpaired) electrons. The number of amides is 2. The number of hydrogen-bond donors (Lipinski definition) is 1. The second kappa shape index (κ2) is 8.07. The monoisotopic (exact) mass is 372 g/mol. The van der Waals surface area contributed by atoms with Gasteiger partial charge in [-0.2, -0.15) is 0 Å². The van der Waals surface area contributed by atoms with Crippen LogP contribution in [0.2, 0.25) is 0 Å². The van der Waals surface area contributed by atoms with Crippen molar-refractivity contribution in [2.75, 3.05) is 25.7 Å². The highest BCUT2D eigenvalue weighted by molar-refractivity contribution is 6.01. The SMILES string of the molecule is COc1ccc(OC)c(N2CC(C(=O)NCc3ccc(F)cc3)CC2=O)c1. The molecule has 6 nitrogen and oxygen atoms in total. The van der Waals surface area contributed by atoms with Crippen LogP contribution in [0.5, 0.6) is 11.5 Å². The number of nitrogens with zero attached hydrogens (tertiary/aromatic N) is 1. The molecule has 0 bridgehead atoms. The number of nitrogens with one attached hydrogen (secondary N) is 1. The summed E-state index contributed by atoms with van der Waals surface area (Å²) in [7, 11) is 3.07. The minimum atomic E-state index is -0.464. The Morgan fingerprint density at radius 2 is 1.93 bits per heavy atom.